The Balaban J connectivity index is 1.24. The number of likely N-dealkylation sites (tertiary alicyclic amines) is 1. The Morgan fingerprint density at radius 1 is 1.00 bits per heavy atom. The summed E-state index contributed by atoms with van der Waals surface area (Å²) in [6.07, 6.45) is 3.02. The topological polar surface area (TPSA) is 61.4 Å². The first-order valence-corrected chi connectivity index (χ1v) is 14.1. The summed E-state index contributed by atoms with van der Waals surface area (Å²) in [5.41, 5.74) is 1.59. The molecule has 0 aromatic heterocycles. The van der Waals surface area contributed by atoms with E-state index in [2.05, 4.69) is 15.5 Å². The third-order valence-corrected chi connectivity index (χ3v) is 8.27. The number of carbonyl (C=O) groups excluding carboxylic acids is 2. The van der Waals surface area contributed by atoms with Crippen LogP contribution in [0.1, 0.15) is 63.0 Å². The second kappa shape index (κ2) is 13.2. The van der Waals surface area contributed by atoms with E-state index in [4.69, 9.17) is 23.2 Å². The van der Waals surface area contributed by atoms with E-state index in [1.165, 1.54) is 0 Å². The molecule has 9 heteroatoms. The van der Waals surface area contributed by atoms with Crippen LogP contribution >= 0.6 is 23.2 Å². The van der Waals surface area contributed by atoms with Gasteiger partial charge in [-0.1, -0.05) is 53.5 Å². The van der Waals surface area contributed by atoms with Crippen molar-refractivity contribution in [1.29, 1.82) is 0 Å². The summed E-state index contributed by atoms with van der Waals surface area (Å²) in [5, 5.41) is 6.97. The fraction of sp³-hybridized carbons (Fsp3) is 0.517. The molecule has 0 spiro atoms. The number of carbonyl (C=O) groups is 2. The van der Waals surface area contributed by atoms with E-state index in [9.17, 15) is 18.4 Å². The van der Waals surface area contributed by atoms with Gasteiger partial charge in [-0.25, -0.2) is 8.78 Å². The highest BCUT2D eigenvalue weighted by molar-refractivity contribution is 6.36. The van der Waals surface area contributed by atoms with E-state index in [0.29, 0.717) is 28.1 Å². The lowest BCUT2D eigenvalue weighted by atomic mass is 9.86. The minimum absolute atomic E-state index is 0.0556. The molecule has 38 heavy (non-hydrogen) atoms. The van der Waals surface area contributed by atoms with Gasteiger partial charge in [-0.2, -0.15) is 0 Å². The normalized spacial score (nSPS) is 19.6. The highest BCUT2D eigenvalue weighted by Gasteiger charge is 2.37. The standard InChI is InChI=1S/C29H35Cl2F2N3O2/c30-23-6-7-26(24(31)19-23)34-27(37)18-20-10-15-36(16-11-20)17-12-25(21-4-2-1-3-5-21)35-28(38)22-8-13-29(32,33)14-9-22/h1-7,19-20,22,25H,8-18H2,(H,34,37)(H,35,38)/t25-/m0/s1. The largest absolute Gasteiger partial charge is 0.349 e. The van der Waals surface area contributed by atoms with Crippen LogP contribution in [0.15, 0.2) is 48.5 Å². The van der Waals surface area contributed by atoms with Gasteiger partial charge in [-0.05, 0) is 74.9 Å². The zero-order chi connectivity index (χ0) is 27.1. The molecule has 2 amide bonds. The van der Waals surface area contributed by atoms with Crippen molar-refractivity contribution >= 4 is 40.7 Å². The molecule has 4 rings (SSSR count). The van der Waals surface area contributed by atoms with E-state index in [-0.39, 0.29) is 49.5 Å². The second-order valence-corrected chi connectivity index (χ2v) is 11.4. The summed E-state index contributed by atoms with van der Waals surface area (Å²) in [5.74, 6) is -2.89. The Hall–Kier alpha value is -2.22. The average Bonchev–Trinajstić information content (AvgIpc) is 2.89. The molecule has 1 aliphatic heterocycles. The molecule has 1 aliphatic carbocycles. The summed E-state index contributed by atoms with van der Waals surface area (Å²) in [4.78, 5) is 27.8. The Kier molecular flexibility index (Phi) is 10.0. The van der Waals surface area contributed by atoms with Crippen molar-refractivity contribution < 1.29 is 18.4 Å². The predicted octanol–water partition coefficient (Wildman–Crippen LogP) is 7.11. The van der Waals surface area contributed by atoms with Crippen LogP contribution in [-0.4, -0.2) is 42.3 Å². The summed E-state index contributed by atoms with van der Waals surface area (Å²) < 4.78 is 27.1. The van der Waals surface area contributed by atoms with E-state index < -0.39 is 5.92 Å². The number of alkyl halides is 2. The van der Waals surface area contributed by atoms with Crippen molar-refractivity contribution in [3.8, 4) is 0 Å². The summed E-state index contributed by atoms with van der Waals surface area (Å²) in [7, 11) is 0. The molecule has 5 nitrogen and oxygen atoms in total. The number of hydrogen-bond donors (Lipinski definition) is 2. The number of nitrogens with zero attached hydrogens (tertiary/aromatic N) is 1. The van der Waals surface area contributed by atoms with Crippen LogP contribution in [-0.2, 0) is 9.59 Å². The van der Waals surface area contributed by atoms with Gasteiger partial charge in [0.1, 0.15) is 0 Å². The van der Waals surface area contributed by atoms with Crippen LogP contribution in [0.2, 0.25) is 10.0 Å². The molecular formula is C29H35Cl2F2N3O2. The quantitative estimate of drug-likeness (QED) is 0.340. The number of benzene rings is 2. The van der Waals surface area contributed by atoms with Crippen LogP contribution in [0.4, 0.5) is 14.5 Å². The molecule has 206 valence electrons. The van der Waals surface area contributed by atoms with Gasteiger partial charge in [0.05, 0.1) is 16.8 Å². The van der Waals surface area contributed by atoms with Crippen LogP contribution in [0, 0.1) is 11.8 Å². The number of piperidine rings is 1. The first-order valence-electron chi connectivity index (χ1n) is 13.4. The van der Waals surface area contributed by atoms with Crippen LogP contribution in [0.5, 0.6) is 0 Å². The fourth-order valence-electron chi connectivity index (χ4n) is 5.38. The van der Waals surface area contributed by atoms with Crippen LogP contribution in [0.3, 0.4) is 0 Å². The summed E-state index contributed by atoms with van der Waals surface area (Å²) in [6.45, 7) is 2.57. The van der Waals surface area contributed by atoms with Crippen molar-refractivity contribution in [2.45, 2.75) is 63.3 Å². The fourth-order valence-corrected chi connectivity index (χ4v) is 5.84. The van der Waals surface area contributed by atoms with Gasteiger partial charge in [0, 0.05) is 36.7 Å². The minimum atomic E-state index is -2.65. The molecule has 2 fully saturated rings. The van der Waals surface area contributed by atoms with Crippen molar-refractivity contribution in [1.82, 2.24) is 10.2 Å². The molecule has 2 aromatic rings. The average molecular weight is 567 g/mol. The molecular weight excluding hydrogens is 531 g/mol. The SMILES string of the molecule is O=C(CC1CCN(CC[C@H](NC(=O)C2CCC(F)(F)CC2)c2ccccc2)CC1)Nc1ccc(Cl)cc1Cl. The third-order valence-electron chi connectivity index (χ3n) is 7.73. The van der Waals surface area contributed by atoms with Gasteiger partial charge in [-0.15, -0.1) is 0 Å². The molecule has 2 N–H and O–H groups in total. The number of halogens is 4. The Morgan fingerprint density at radius 3 is 2.34 bits per heavy atom. The van der Waals surface area contributed by atoms with Gasteiger partial charge < -0.3 is 15.5 Å². The van der Waals surface area contributed by atoms with Gasteiger partial charge >= 0.3 is 0 Å². The van der Waals surface area contributed by atoms with Gasteiger partial charge in [0.25, 0.3) is 0 Å². The zero-order valence-corrected chi connectivity index (χ0v) is 22.9. The molecule has 1 atom stereocenters. The van der Waals surface area contributed by atoms with Gasteiger partial charge in [0.2, 0.25) is 17.7 Å². The monoisotopic (exact) mass is 565 g/mol. The molecule has 0 bridgehead atoms. The number of anilines is 1. The second-order valence-electron chi connectivity index (χ2n) is 10.6. The Bertz CT molecular complexity index is 1080. The Morgan fingerprint density at radius 2 is 1.68 bits per heavy atom. The minimum Gasteiger partial charge on any atom is -0.349 e. The van der Waals surface area contributed by atoms with Crippen molar-refractivity contribution in [2.75, 3.05) is 25.0 Å². The number of nitrogens with one attached hydrogen (secondary N) is 2. The summed E-state index contributed by atoms with van der Waals surface area (Å²) in [6, 6.07) is 14.7. The first-order chi connectivity index (χ1) is 18.2. The van der Waals surface area contributed by atoms with E-state index in [0.717, 1.165) is 44.5 Å². The number of hydrogen-bond acceptors (Lipinski definition) is 3. The molecule has 1 heterocycles. The zero-order valence-electron chi connectivity index (χ0n) is 21.4. The highest BCUT2D eigenvalue weighted by Crippen LogP contribution is 2.36. The molecule has 1 saturated heterocycles. The Labute approximate surface area is 233 Å². The van der Waals surface area contributed by atoms with Crippen molar-refractivity contribution in [2.24, 2.45) is 11.8 Å². The molecule has 0 unspecified atom stereocenters. The van der Waals surface area contributed by atoms with Gasteiger partial charge in [0.15, 0.2) is 0 Å². The highest BCUT2D eigenvalue weighted by atomic mass is 35.5. The lowest BCUT2D eigenvalue weighted by molar-refractivity contribution is -0.130. The smallest absolute Gasteiger partial charge is 0.248 e. The lowest BCUT2D eigenvalue weighted by Gasteiger charge is -2.33. The molecule has 0 radical (unpaired) electrons. The van der Waals surface area contributed by atoms with E-state index >= 15 is 0 Å². The molecule has 1 saturated carbocycles. The van der Waals surface area contributed by atoms with E-state index in [1.807, 2.05) is 30.3 Å². The molecule has 2 aromatic carbocycles. The van der Waals surface area contributed by atoms with Crippen molar-refractivity contribution in [3.63, 3.8) is 0 Å². The van der Waals surface area contributed by atoms with Crippen LogP contribution < -0.4 is 10.6 Å². The number of rotatable bonds is 9. The first kappa shape index (κ1) is 28.8. The number of amides is 2. The third kappa shape index (κ3) is 8.39. The maximum atomic E-state index is 13.6. The van der Waals surface area contributed by atoms with E-state index in [1.54, 1.807) is 18.2 Å². The van der Waals surface area contributed by atoms with Gasteiger partial charge in [-0.3, -0.25) is 9.59 Å². The van der Waals surface area contributed by atoms with Crippen molar-refractivity contribution in [3.05, 3.63) is 64.1 Å². The van der Waals surface area contributed by atoms with Crippen LogP contribution in [0.25, 0.3) is 0 Å². The molecule has 2 aliphatic rings. The maximum Gasteiger partial charge on any atom is 0.248 e. The lowest BCUT2D eigenvalue weighted by Crippen LogP contribution is -2.40. The predicted molar refractivity (Wildman–Crippen MR) is 148 cm³/mol. The summed E-state index contributed by atoms with van der Waals surface area (Å²) >= 11 is 12.1. The maximum absolute atomic E-state index is 13.6.